The molecule has 0 saturated carbocycles. The second kappa shape index (κ2) is 6.01. The van der Waals surface area contributed by atoms with Crippen LogP contribution in [0.1, 0.15) is 24.3 Å². The SMILES string of the molecule is Cc1cc(NC(=O)C(=O)NC(C)c2ccccc2)no1. The smallest absolute Gasteiger partial charge is 0.314 e. The van der Waals surface area contributed by atoms with Crippen LogP contribution in [0.25, 0.3) is 0 Å². The highest BCUT2D eigenvalue weighted by Crippen LogP contribution is 2.11. The van der Waals surface area contributed by atoms with Crippen molar-refractivity contribution in [2.45, 2.75) is 19.9 Å². The normalized spacial score (nSPS) is 11.7. The first-order valence-corrected chi connectivity index (χ1v) is 6.16. The molecule has 0 bridgehead atoms. The van der Waals surface area contributed by atoms with Crippen LogP contribution in [-0.4, -0.2) is 17.0 Å². The lowest BCUT2D eigenvalue weighted by atomic mass is 10.1. The van der Waals surface area contributed by atoms with Gasteiger partial charge in [-0.25, -0.2) is 0 Å². The van der Waals surface area contributed by atoms with Gasteiger partial charge in [0, 0.05) is 6.07 Å². The van der Waals surface area contributed by atoms with Gasteiger partial charge in [0.1, 0.15) is 5.76 Å². The van der Waals surface area contributed by atoms with Crippen molar-refractivity contribution >= 4 is 17.6 Å². The molecule has 0 fully saturated rings. The largest absolute Gasteiger partial charge is 0.360 e. The molecule has 20 heavy (non-hydrogen) atoms. The van der Waals surface area contributed by atoms with E-state index in [-0.39, 0.29) is 11.9 Å². The molecule has 0 radical (unpaired) electrons. The van der Waals surface area contributed by atoms with E-state index in [0.29, 0.717) is 5.76 Å². The van der Waals surface area contributed by atoms with Crippen LogP contribution in [0.2, 0.25) is 0 Å². The summed E-state index contributed by atoms with van der Waals surface area (Å²) in [6.45, 7) is 3.50. The second-order valence-corrected chi connectivity index (χ2v) is 4.38. The number of rotatable bonds is 3. The predicted octanol–water partition coefficient (Wildman–Crippen LogP) is 1.80. The number of nitrogens with one attached hydrogen (secondary N) is 2. The molecule has 0 aliphatic carbocycles. The number of aryl methyl sites for hydroxylation is 1. The molecule has 6 nitrogen and oxygen atoms in total. The molecule has 6 heteroatoms. The number of carbonyl (C=O) groups excluding carboxylic acids is 2. The summed E-state index contributed by atoms with van der Waals surface area (Å²) in [7, 11) is 0. The summed E-state index contributed by atoms with van der Waals surface area (Å²) < 4.78 is 4.80. The van der Waals surface area contributed by atoms with Gasteiger partial charge in [-0.2, -0.15) is 0 Å². The molecule has 1 aromatic heterocycles. The Morgan fingerprint density at radius 2 is 1.90 bits per heavy atom. The lowest BCUT2D eigenvalue weighted by molar-refractivity contribution is -0.136. The number of amides is 2. The van der Waals surface area contributed by atoms with Gasteiger partial charge in [0.15, 0.2) is 5.82 Å². The van der Waals surface area contributed by atoms with E-state index in [2.05, 4.69) is 15.8 Å². The minimum absolute atomic E-state index is 0.218. The highest BCUT2D eigenvalue weighted by molar-refractivity contribution is 6.39. The summed E-state index contributed by atoms with van der Waals surface area (Å²) >= 11 is 0. The molecule has 2 aromatic rings. The summed E-state index contributed by atoms with van der Waals surface area (Å²) in [4.78, 5) is 23.4. The zero-order valence-corrected chi connectivity index (χ0v) is 11.2. The number of hydrogen-bond acceptors (Lipinski definition) is 4. The first-order valence-electron chi connectivity index (χ1n) is 6.16. The van der Waals surface area contributed by atoms with Gasteiger partial charge in [-0.05, 0) is 19.4 Å². The van der Waals surface area contributed by atoms with E-state index >= 15 is 0 Å². The van der Waals surface area contributed by atoms with Crippen LogP contribution in [0, 0.1) is 6.92 Å². The monoisotopic (exact) mass is 273 g/mol. The van der Waals surface area contributed by atoms with E-state index in [9.17, 15) is 9.59 Å². The average molecular weight is 273 g/mol. The number of anilines is 1. The molecule has 0 aliphatic heterocycles. The number of nitrogens with zero attached hydrogens (tertiary/aromatic N) is 1. The lowest BCUT2D eigenvalue weighted by Crippen LogP contribution is -2.36. The van der Waals surface area contributed by atoms with Gasteiger partial charge in [-0.3, -0.25) is 14.9 Å². The van der Waals surface area contributed by atoms with Gasteiger partial charge in [-0.15, -0.1) is 0 Å². The third kappa shape index (κ3) is 3.44. The third-order valence-corrected chi connectivity index (χ3v) is 2.72. The van der Waals surface area contributed by atoms with Crippen LogP contribution in [-0.2, 0) is 9.59 Å². The Bertz CT molecular complexity index is 607. The quantitative estimate of drug-likeness (QED) is 0.835. The molecule has 0 aliphatic rings. The molecule has 0 saturated heterocycles. The molecule has 2 rings (SSSR count). The fourth-order valence-electron chi connectivity index (χ4n) is 1.69. The van der Waals surface area contributed by atoms with Crippen molar-refractivity contribution in [1.29, 1.82) is 0 Å². The molecule has 104 valence electrons. The van der Waals surface area contributed by atoms with Gasteiger partial charge in [0.25, 0.3) is 0 Å². The van der Waals surface area contributed by atoms with E-state index in [1.807, 2.05) is 30.3 Å². The first-order chi connectivity index (χ1) is 9.56. The highest BCUT2D eigenvalue weighted by atomic mass is 16.5. The number of aromatic nitrogens is 1. The topological polar surface area (TPSA) is 84.2 Å². The molecule has 0 spiro atoms. The molecule has 2 N–H and O–H groups in total. The molecular formula is C14H15N3O3. The Morgan fingerprint density at radius 1 is 1.20 bits per heavy atom. The fourth-order valence-corrected chi connectivity index (χ4v) is 1.69. The third-order valence-electron chi connectivity index (χ3n) is 2.72. The second-order valence-electron chi connectivity index (χ2n) is 4.38. The number of hydrogen-bond donors (Lipinski definition) is 2. The van der Waals surface area contributed by atoms with E-state index in [1.54, 1.807) is 13.8 Å². The minimum Gasteiger partial charge on any atom is -0.360 e. The van der Waals surface area contributed by atoms with Crippen LogP contribution in [0.3, 0.4) is 0 Å². The summed E-state index contributed by atoms with van der Waals surface area (Å²) in [5.74, 6) is -0.725. The van der Waals surface area contributed by atoms with Crippen molar-refractivity contribution in [3.8, 4) is 0 Å². The Hall–Kier alpha value is -2.63. The molecule has 1 heterocycles. The van der Waals surface area contributed by atoms with Gasteiger partial charge < -0.3 is 9.84 Å². The Kier molecular flexibility index (Phi) is 4.14. The summed E-state index contributed by atoms with van der Waals surface area (Å²) in [5, 5.41) is 8.57. The van der Waals surface area contributed by atoms with E-state index in [1.165, 1.54) is 6.07 Å². The van der Waals surface area contributed by atoms with Crippen LogP contribution in [0.15, 0.2) is 40.9 Å². The van der Waals surface area contributed by atoms with Crippen LogP contribution in [0.4, 0.5) is 5.82 Å². The Labute approximate surface area is 116 Å². The summed E-state index contributed by atoms with van der Waals surface area (Å²) in [5.41, 5.74) is 0.922. The van der Waals surface area contributed by atoms with Crippen LogP contribution >= 0.6 is 0 Å². The van der Waals surface area contributed by atoms with Crippen molar-refractivity contribution in [2.75, 3.05) is 5.32 Å². The van der Waals surface area contributed by atoms with Crippen molar-refractivity contribution < 1.29 is 14.1 Å². The summed E-state index contributed by atoms with van der Waals surface area (Å²) in [6, 6.07) is 10.7. The molecule has 1 atom stereocenters. The van der Waals surface area contributed by atoms with Crippen molar-refractivity contribution in [3.05, 3.63) is 47.7 Å². The highest BCUT2D eigenvalue weighted by Gasteiger charge is 2.18. The standard InChI is InChI=1S/C14H15N3O3/c1-9-8-12(17-20-9)16-14(19)13(18)15-10(2)11-6-4-3-5-7-11/h3-8,10H,1-2H3,(H,15,18)(H,16,17,19). The van der Waals surface area contributed by atoms with E-state index in [4.69, 9.17) is 4.52 Å². The number of carbonyl (C=O) groups is 2. The van der Waals surface area contributed by atoms with Gasteiger partial charge in [-0.1, -0.05) is 35.5 Å². The van der Waals surface area contributed by atoms with Gasteiger partial charge in [0.2, 0.25) is 0 Å². The maximum Gasteiger partial charge on any atom is 0.314 e. The molecule has 1 unspecified atom stereocenters. The van der Waals surface area contributed by atoms with E-state index < -0.39 is 11.8 Å². The van der Waals surface area contributed by atoms with Gasteiger partial charge >= 0.3 is 11.8 Å². The van der Waals surface area contributed by atoms with Crippen LogP contribution in [0.5, 0.6) is 0 Å². The van der Waals surface area contributed by atoms with E-state index in [0.717, 1.165) is 5.56 Å². The Morgan fingerprint density at radius 3 is 2.50 bits per heavy atom. The van der Waals surface area contributed by atoms with Crippen molar-refractivity contribution in [3.63, 3.8) is 0 Å². The Balaban J connectivity index is 1.93. The first kappa shape index (κ1) is 13.8. The summed E-state index contributed by atoms with van der Waals surface area (Å²) in [6.07, 6.45) is 0. The minimum atomic E-state index is -0.777. The van der Waals surface area contributed by atoms with Crippen molar-refractivity contribution in [2.24, 2.45) is 0 Å². The maximum atomic E-state index is 11.8. The fraction of sp³-hybridized carbons (Fsp3) is 0.214. The zero-order valence-electron chi connectivity index (χ0n) is 11.2. The predicted molar refractivity (Wildman–Crippen MR) is 72.9 cm³/mol. The zero-order chi connectivity index (χ0) is 14.5. The molecule has 1 aromatic carbocycles. The molecule has 2 amide bonds. The van der Waals surface area contributed by atoms with Crippen LogP contribution < -0.4 is 10.6 Å². The molecular weight excluding hydrogens is 258 g/mol. The maximum absolute atomic E-state index is 11.8. The lowest BCUT2D eigenvalue weighted by Gasteiger charge is -2.13. The number of benzene rings is 1. The van der Waals surface area contributed by atoms with Gasteiger partial charge in [0.05, 0.1) is 6.04 Å². The van der Waals surface area contributed by atoms with Crippen molar-refractivity contribution in [1.82, 2.24) is 10.5 Å². The average Bonchev–Trinajstić information content (AvgIpc) is 2.85.